The maximum atomic E-state index is 10.1. The van der Waals surface area contributed by atoms with E-state index in [1.807, 2.05) is 30.3 Å². The summed E-state index contributed by atoms with van der Waals surface area (Å²) in [5.74, 6) is 0. The zero-order chi connectivity index (χ0) is 8.10. The van der Waals surface area contributed by atoms with Crippen LogP contribution in [0.4, 0.5) is 0 Å². The minimum atomic E-state index is -2.40. The van der Waals surface area contributed by atoms with Crippen LogP contribution in [-0.4, -0.2) is 8.42 Å². The minimum absolute atomic E-state index is 0.895. The fraction of sp³-hybridized carbons (Fsp3) is 0. The van der Waals surface area contributed by atoms with Crippen molar-refractivity contribution < 1.29 is 8.42 Å². The van der Waals surface area contributed by atoms with E-state index < -0.39 is 10.7 Å². The molecule has 3 heteroatoms. The summed E-state index contributed by atoms with van der Waals surface area (Å²) in [6.45, 7) is 0. The van der Waals surface area contributed by atoms with Crippen LogP contribution in [0.3, 0.4) is 0 Å². The van der Waals surface area contributed by atoms with Gasteiger partial charge in [-0.3, -0.25) is 0 Å². The van der Waals surface area contributed by atoms with Crippen LogP contribution in [0, 0.1) is 0 Å². The molecule has 0 aliphatic heterocycles. The van der Waals surface area contributed by atoms with Crippen LogP contribution in [0.1, 0.15) is 5.56 Å². The van der Waals surface area contributed by atoms with Gasteiger partial charge in [0.2, 0.25) is 0 Å². The lowest BCUT2D eigenvalue weighted by atomic mass is 10.2. The predicted molar refractivity (Wildman–Crippen MR) is 45.8 cm³/mol. The van der Waals surface area contributed by atoms with Crippen molar-refractivity contribution in [3.63, 3.8) is 0 Å². The highest BCUT2D eigenvalue weighted by molar-refractivity contribution is 7.75. The molecule has 0 amide bonds. The first kappa shape index (κ1) is 8.01. The van der Waals surface area contributed by atoms with Gasteiger partial charge in [0.1, 0.15) is 0 Å². The molecule has 11 heavy (non-hydrogen) atoms. The molecule has 0 saturated carbocycles. The highest BCUT2D eigenvalue weighted by atomic mass is 32.2. The van der Waals surface area contributed by atoms with Crippen molar-refractivity contribution in [3.05, 3.63) is 41.3 Å². The summed E-state index contributed by atoms with van der Waals surface area (Å²) >= 11 is 0. The summed E-state index contributed by atoms with van der Waals surface area (Å²) in [6.07, 6.45) is 1.56. The lowest BCUT2D eigenvalue weighted by molar-refractivity contribution is 0.622. The molecule has 0 fully saturated rings. The van der Waals surface area contributed by atoms with E-state index >= 15 is 0 Å². The van der Waals surface area contributed by atoms with Crippen LogP contribution in [0.2, 0.25) is 0 Å². The van der Waals surface area contributed by atoms with Crippen LogP contribution in [-0.2, 0) is 10.7 Å². The van der Waals surface area contributed by atoms with Crippen molar-refractivity contribution in [2.24, 2.45) is 0 Å². The van der Waals surface area contributed by atoms with Gasteiger partial charge < -0.3 is 0 Å². The third-order valence-electron chi connectivity index (χ3n) is 1.19. The van der Waals surface area contributed by atoms with Crippen LogP contribution in [0.25, 0.3) is 6.08 Å². The Kier molecular flexibility index (Phi) is 2.86. The van der Waals surface area contributed by atoms with Crippen molar-refractivity contribution >= 4 is 16.8 Å². The average molecular weight is 168 g/mol. The largest absolute Gasteiger partial charge is 0.227 e. The van der Waals surface area contributed by atoms with Gasteiger partial charge in [-0.15, -0.1) is 0 Å². The first-order valence-corrected chi connectivity index (χ1v) is 4.40. The maximum absolute atomic E-state index is 10.1. The van der Waals surface area contributed by atoms with Gasteiger partial charge in [0.25, 0.3) is 0 Å². The first-order chi connectivity index (χ1) is 5.29. The molecule has 2 nitrogen and oxygen atoms in total. The second-order valence-electron chi connectivity index (χ2n) is 2.01. The van der Waals surface area contributed by atoms with E-state index in [1.54, 1.807) is 6.08 Å². The van der Waals surface area contributed by atoms with E-state index in [1.165, 1.54) is 0 Å². The molecule has 0 bridgehead atoms. The Hall–Kier alpha value is -1.09. The maximum Gasteiger partial charge on any atom is 0.161 e. The second kappa shape index (κ2) is 3.93. The summed E-state index contributed by atoms with van der Waals surface area (Å²) in [7, 11) is -2.40. The Morgan fingerprint density at radius 1 is 1.09 bits per heavy atom. The predicted octanol–water partition coefficient (Wildman–Crippen LogP) is 1.27. The molecule has 1 aromatic rings. The highest BCUT2D eigenvalue weighted by Gasteiger charge is 1.81. The van der Waals surface area contributed by atoms with Crippen LogP contribution in [0.5, 0.6) is 0 Å². The molecule has 0 spiro atoms. The van der Waals surface area contributed by atoms with Gasteiger partial charge in [-0.05, 0) is 11.6 Å². The molecule has 0 aromatic heterocycles. The topological polar surface area (TPSA) is 34.1 Å². The molecular weight excluding hydrogens is 160 g/mol. The minimum Gasteiger partial charge on any atom is -0.227 e. The first-order valence-electron chi connectivity index (χ1n) is 3.16. The molecule has 1 aromatic carbocycles. The number of thiol groups is 1. The summed E-state index contributed by atoms with van der Waals surface area (Å²) in [5, 5.41) is 1.16. The van der Waals surface area contributed by atoms with Crippen LogP contribution >= 0.6 is 0 Å². The van der Waals surface area contributed by atoms with Crippen molar-refractivity contribution in [3.8, 4) is 0 Å². The summed E-state index contributed by atoms with van der Waals surface area (Å²) in [4.78, 5) is 0. The Balaban J connectivity index is 2.80. The Morgan fingerprint density at radius 3 is 2.27 bits per heavy atom. The van der Waals surface area contributed by atoms with E-state index in [9.17, 15) is 8.42 Å². The van der Waals surface area contributed by atoms with Crippen LogP contribution < -0.4 is 0 Å². The average Bonchev–Trinajstić information content (AvgIpc) is 2.03. The monoisotopic (exact) mass is 168 g/mol. The molecule has 0 radical (unpaired) electrons. The lowest BCUT2D eigenvalue weighted by Gasteiger charge is -1.86. The third-order valence-corrected chi connectivity index (χ3v) is 1.58. The van der Waals surface area contributed by atoms with Gasteiger partial charge in [0.05, 0.1) is 0 Å². The summed E-state index contributed by atoms with van der Waals surface area (Å²) in [5.41, 5.74) is 0.895. The number of hydrogen-bond donors (Lipinski definition) is 1. The molecule has 0 unspecified atom stereocenters. The SMILES string of the molecule is O=[SH](=O)/C=C/c1ccccc1. The molecule has 0 aliphatic carbocycles. The van der Waals surface area contributed by atoms with Gasteiger partial charge in [-0.2, -0.15) is 0 Å². The van der Waals surface area contributed by atoms with E-state index in [4.69, 9.17) is 0 Å². The molecular formula is C8H8O2S. The molecule has 1 rings (SSSR count). The molecule has 58 valence electrons. The Labute approximate surface area is 67.1 Å². The van der Waals surface area contributed by atoms with E-state index in [2.05, 4.69) is 0 Å². The van der Waals surface area contributed by atoms with Gasteiger partial charge in [0, 0.05) is 5.41 Å². The molecule has 0 saturated heterocycles. The normalized spacial score (nSPS) is 11.0. The van der Waals surface area contributed by atoms with Crippen molar-refractivity contribution in [1.82, 2.24) is 0 Å². The second-order valence-corrected chi connectivity index (χ2v) is 2.88. The van der Waals surface area contributed by atoms with E-state index in [0.29, 0.717) is 0 Å². The summed E-state index contributed by atoms with van der Waals surface area (Å²) < 4.78 is 20.2. The fourth-order valence-corrected chi connectivity index (χ4v) is 1.00. The lowest BCUT2D eigenvalue weighted by Crippen LogP contribution is -1.69. The van der Waals surface area contributed by atoms with Crippen molar-refractivity contribution in [2.75, 3.05) is 0 Å². The zero-order valence-corrected chi connectivity index (χ0v) is 6.70. The fourth-order valence-electron chi connectivity index (χ4n) is 0.711. The van der Waals surface area contributed by atoms with Crippen LogP contribution in [0.15, 0.2) is 35.7 Å². The van der Waals surface area contributed by atoms with E-state index in [0.717, 1.165) is 11.0 Å². The Bertz CT molecular complexity index is 304. The number of rotatable bonds is 2. The number of hydrogen-bond acceptors (Lipinski definition) is 2. The quantitative estimate of drug-likeness (QED) is 0.675. The molecule has 0 heterocycles. The summed E-state index contributed by atoms with van der Waals surface area (Å²) in [6, 6.07) is 9.29. The van der Waals surface area contributed by atoms with E-state index in [-0.39, 0.29) is 0 Å². The third kappa shape index (κ3) is 3.00. The Morgan fingerprint density at radius 2 is 1.73 bits per heavy atom. The van der Waals surface area contributed by atoms with Crippen molar-refractivity contribution in [1.29, 1.82) is 0 Å². The molecule has 0 atom stereocenters. The van der Waals surface area contributed by atoms with Gasteiger partial charge in [0.15, 0.2) is 10.7 Å². The van der Waals surface area contributed by atoms with Crippen molar-refractivity contribution in [2.45, 2.75) is 0 Å². The van der Waals surface area contributed by atoms with Gasteiger partial charge >= 0.3 is 0 Å². The smallest absolute Gasteiger partial charge is 0.161 e. The van der Waals surface area contributed by atoms with Gasteiger partial charge in [-0.1, -0.05) is 30.3 Å². The van der Waals surface area contributed by atoms with Gasteiger partial charge in [-0.25, -0.2) is 8.42 Å². The molecule has 0 N–H and O–H groups in total. The highest BCUT2D eigenvalue weighted by Crippen LogP contribution is 1.99. The number of benzene rings is 1. The zero-order valence-electron chi connectivity index (χ0n) is 5.81. The standard InChI is InChI=1S/C8H8O2S/c9-11(10)7-6-8-4-2-1-3-5-8/h1-7,11H/b7-6+. The molecule has 0 aliphatic rings.